The number of thiophene rings is 1. The molecule has 2 rings (SSSR count). The zero-order valence-electron chi connectivity index (χ0n) is 8.41. The molecule has 0 aliphatic carbocycles. The van der Waals surface area contributed by atoms with Crippen molar-refractivity contribution < 1.29 is 4.74 Å². The van der Waals surface area contributed by atoms with Crippen LogP contribution in [0.1, 0.15) is 23.8 Å². The Labute approximate surface area is 102 Å². The maximum atomic E-state index is 5.63. The average molecular weight is 291 g/mol. The molecule has 2 unspecified atom stereocenters. The minimum atomic E-state index is 0.224. The molecule has 2 heterocycles. The number of nitrogens with one attached hydrogen (secondary N) is 1. The number of ether oxygens (including phenoxy) is 1. The van der Waals surface area contributed by atoms with Crippen LogP contribution in [-0.2, 0) is 4.74 Å². The normalized spacial score (nSPS) is 24.0. The molecule has 2 atom stereocenters. The van der Waals surface area contributed by atoms with Gasteiger partial charge < -0.3 is 4.74 Å². The summed E-state index contributed by atoms with van der Waals surface area (Å²) >= 11 is 5.20. The van der Waals surface area contributed by atoms with Crippen LogP contribution in [-0.4, -0.2) is 13.2 Å². The Hall–Kier alpha value is 0.0600. The molecule has 0 saturated carbocycles. The monoisotopic (exact) mass is 290 g/mol. The Balaban J connectivity index is 2.08. The molecule has 3 N–H and O–H groups in total. The van der Waals surface area contributed by atoms with E-state index in [-0.39, 0.29) is 6.04 Å². The predicted molar refractivity (Wildman–Crippen MR) is 65.6 cm³/mol. The highest BCUT2D eigenvalue weighted by Crippen LogP contribution is 2.33. The molecule has 1 aliphatic rings. The third-order valence-corrected chi connectivity index (χ3v) is 4.52. The van der Waals surface area contributed by atoms with Gasteiger partial charge >= 0.3 is 0 Å². The quantitative estimate of drug-likeness (QED) is 0.664. The van der Waals surface area contributed by atoms with E-state index >= 15 is 0 Å². The fourth-order valence-electron chi connectivity index (χ4n) is 1.97. The third kappa shape index (κ3) is 2.79. The summed E-state index contributed by atoms with van der Waals surface area (Å²) in [6, 6.07) is 2.35. The highest BCUT2D eigenvalue weighted by molar-refractivity contribution is 9.10. The molecule has 0 spiro atoms. The van der Waals surface area contributed by atoms with Gasteiger partial charge in [-0.25, -0.2) is 0 Å². The van der Waals surface area contributed by atoms with Crippen molar-refractivity contribution in [1.29, 1.82) is 0 Å². The highest BCUT2D eigenvalue weighted by Gasteiger charge is 2.25. The largest absolute Gasteiger partial charge is 0.381 e. The van der Waals surface area contributed by atoms with Crippen LogP contribution in [0.4, 0.5) is 0 Å². The Morgan fingerprint density at radius 3 is 3.07 bits per heavy atom. The molecule has 1 aromatic heterocycles. The van der Waals surface area contributed by atoms with Crippen molar-refractivity contribution >= 4 is 27.3 Å². The molecule has 0 amide bonds. The van der Waals surface area contributed by atoms with Gasteiger partial charge in [0.05, 0.1) is 12.6 Å². The smallest absolute Gasteiger partial charge is 0.0603 e. The van der Waals surface area contributed by atoms with E-state index in [4.69, 9.17) is 10.6 Å². The number of nitrogens with two attached hydrogens (primary N) is 1. The molecule has 3 nitrogen and oxygen atoms in total. The second kappa shape index (κ2) is 5.41. The van der Waals surface area contributed by atoms with Gasteiger partial charge in [-0.1, -0.05) is 0 Å². The van der Waals surface area contributed by atoms with Crippen molar-refractivity contribution in [2.75, 3.05) is 13.2 Å². The lowest BCUT2D eigenvalue weighted by Gasteiger charge is -2.29. The molecule has 1 aliphatic heterocycles. The third-order valence-electron chi connectivity index (χ3n) is 2.74. The number of hydrazine groups is 1. The first-order valence-corrected chi connectivity index (χ1v) is 6.76. The summed E-state index contributed by atoms with van der Waals surface area (Å²) in [6.07, 6.45) is 2.32. The van der Waals surface area contributed by atoms with Crippen LogP contribution in [0.3, 0.4) is 0 Å². The van der Waals surface area contributed by atoms with Crippen LogP contribution in [0, 0.1) is 5.92 Å². The first kappa shape index (κ1) is 11.5. The van der Waals surface area contributed by atoms with Gasteiger partial charge in [0.2, 0.25) is 0 Å². The van der Waals surface area contributed by atoms with E-state index in [1.807, 2.05) is 0 Å². The van der Waals surface area contributed by atoms with Gasteiger partial charge in [-0.15, -0.1) is 11.3 Å². The maximum Gasteiger partial charge on any atom is 0.0603 e. The number of rotatable bonds is 3. The predicted octanol–water partition coefficient (Wildman–Crippen LogP) is 2.44. The van der Waals surface area contributed by atoms with Gasteiger partial charge in [-0.3, -0.25) is 11.3 Å². The van der Waals surface area contributed by atoms with E-state index in [0.29, 0.717) is 5.92 Å². The number of halogens is 1. The molecule has 1 aromatic rings. The lowest BCUT2D eigenvalue weighted by molar-refractivity contribution is 0.0395. The van der Waals surface area contributed by atoms with Crippen LogP contribution in [0.5, 0.6) is 0 Å². The summed E-state index contributed by atoms with van der Waals surface area (Å²) in [5.74, 6) is 6.13. The van der Waals surface area contributed by atoms with Crippen molar-refractivity contribution in [3.8, 4) is 0 Å². The Bertz CT molecular complexity index is 312. The van der Waals surface area contributed by atoms with Gasteiger partial charge in [0.15, 0.2) is 0 Å². The molecule has 0 bridgehead atoms. The number of hydrogen-bond acceptors (Lipinski definition) is 4. The molecule has 0 radical (unpaired) electrons. The van der Waals surface area contributed by atoms with Crippen LogP contribution in [0.25, 0.3) is 0 Å². The highest BCUT2D eigenvalue weighted by atomic mass is 79.9. The summed E-state index contributed by atoms with van der Waals surface area (Å²) in [5, 5.41) is 2.09. The van der Waals surface area contributed by atoms with E-state index in [1.165, 1.54) is 11.3 Å². The summed E-state index contributed by atoms with van der Waals surface area (Å²) in [5.41, 5.74) is 2.91. The van der Waals surface area contributed by atoms with E-state index < -0.39 is 0 Å². The Kier molecular flexibility index (Phi) is 4.16. The lowest BCUT2D eigenvalue weighted by atomic mass is 9.93. The summed E-state index contributed by atoms with van der Waals surface area (Å²) < 4.78 is 6.62. The Morgan fingerprint density at radius 2 is 2.53 bits per heavy atom. The van der Waals surface area contributed by atoms with Crippen LogP contribution >= 0.6 is 27.3 Å². The standard InChI is InChI=1S/C10H15BrN2OS/c11-8-4-9(15-6-8)10(13-12)7-2-1-3-14-5-7/h4,6-7,10,13H,1-3,5,12H2. The topological polar surface area (TPSA) is 47.3 Å². The maximum absolute atomic E-state index is 5.63. The van der Waals surface area contributed by atoms with Crippen molar-refractivity contribution in [1.82, 2.24) is 5.43 Å². The van der Waals surface area contributed by atoms with Crippen LogP contribution in [0.15, 0.2) is 15.9 Å². The molecule has 5 heteroatoms. The molecule has 15 heavy (non-hydrogen) atoms. The fraction of sp³-hybridized carbons (Fsp3) is 0.600. The molecular weight excluding hydrogens is 276 g/mol. The van der Waals surface area contributed by atoms with Crippen molar-refractivity contribution in [2.24, 2.45) is 11.8 Å². The van der Waals surface area contributed by atoms with Gasteiger partial charge in [-0.2, -0.15) is 0 Å². The SMILES string of the molecule is NNC(c1cc(Br)cs1)C1CCCOC1. The summed E-state index contributed by atoms with van der Waals surface area (Å²) in [4.78, 5) is 1.28. The van der Waals surface area contributed by atoms with Gasteiger partial charge in [0, 0.05) is 27.3 Å². The lowest BCUT2D eigenvalue weighted by Crippen LogP contribution is -2.36. The second-order valence-electron chi connectivity index (χ2n) is 3.79. The minimum absolute atomic E-state index is 0.224. The van der Waals surface area contributed by atoms with Gasteiger partial charge in [-0.05, 0) is 34.8 Å². The van der Waals surface area contributed by atoms with Crippen molar-refractivity contribution in [3.63, 3.8) is 0 Å². The average Bonchev–Trinajstić information content (AvgIpc) is 2.68. The van der Waals surface area contributed by atoms with Crippen LogP contribution in [0.2, 0.25) is 0 Å². The fourth-order valence-corrected chi connectivity index (χ4v) is 3.57. The second-order valence-corrected chi connectivity index (χ2v) is 5.65. The minimum Gasteiger partial charge on any atom is -0.381 e. The van der Waals surface area contributed by atoms with E-state index in [2.05, 4.69) is 32.8 Å². The van der Waals surface area contributed by atoms with Gasteiger partial charge in [0.1, 0.15) is 0 Å². The molecule has 84 valence electrons. The van der Waals surface area contributed by atoms with E-state index in [9.17, 15) is 0 Å². The first-order valence-electron chi connectivity index (χ1n) is 5.09. The van der Waals surface area contributed by atoms with Crippen LogP contribution < -0.4 is 11.3 Å². The van der Waals surface area contributed by atoms with Crippen molar-refractivity contribution in [2.45, 2.75) is 18.9 Å². The van der Waals surface area contributed by atoms with E-state index in [1.54, 1.807) is 11.3 Å². The Morgan fingerprint density at radius 1 is 1.67 bits per heavy atom. The molecule has 0 aromatic carbocycles. The zero-order valence-corrected chi connectivity index (χ0v) is 10.8. The summed E-state index contributed by atoms with van der Waals surface area (Å²) in [7, 11) is 0. The van der Waals surface area contributed by atoms with Gasteiger partial charge in [0.25, 0.3) is 0 Å². The molecular formula is C10H15BrN2OS. The molecule has 1 fully saturated rings. The molecule has 1 saturated heterocycles. The summed E-state index contributed by atoms with van der Waals surface area (Å²) in [6.45, 7) is 1.70. The van der Waals surface area contributed by atoms with Crippen molar-refractivity contribution in [3.05, 3.63) is 20.8 Å². The zero-order chi connectivity index (χ0) is 10.7. The number of hydrogen-bond donors (Lipinski definition) is 2. The van der Waals surface area contributed by atoms with E-state index in [0.717, 1.165) is 24.1 Å². The first-order chi connectivity index (χ1) is 7.31.